The maximum absolute atomic E-state index is 13.1. The lowest BCUT2D eigenvalue weighted by Crippen LogP contribution is -2.49. The molecule has 0 saturated heterocycles. The van der Waals surface area contributed by atoms with Gasteiger partial charge in [0.2, 0.25) is 5.88 Å². The third-order valence-corrected chi connectivity index (χ3v) is 4.80. The van der Waals surface area contributed by atoms with Gasteiger partial charge in [0, 0.05) is 19.8 Å². The van der Waals surface area contributed by atoms with Crippen LogP contribution in [0.25, 0.3) is 0 Å². The average molecular weight is 364 g/mol. The van der Waals surface area contributed by atoms with Crippen LogP contribution in [-0.4, -0.2) is 43.4 Å². The highest BCUT2D eigenvalue weighted by atomic mass is 16.5. The molecule has 1 heterocycles. The highest BCUT2D eigenvalue weighted by Gasteiger charge is 2.42. The maximum atomic E-state index is 13.1. The Labute approximate surface area is 156 Å². The minimum Gasteiger partial charge on any atom is -0.475 e. The van der Waals surface area contributed by atoms with Gasteiger partial charge in [-0.1, -0.05) is 20.3 Å². The van der Waals surface area contributed by atoms with Crippen molar-refractivity contribution in [1.82, 2.24) is 4.98 Å². The van der Waals surface area contributed by atoms with Gasteiger partial charge in [0.15, 0.2) is 0 Å². The number of nitrogens with zero attached hydrogens (tertiary/aromatic N) is 1. The van der Waals surface area contributed by atoms with Gasteiger partial charge < -0.3 is 19.5 Å². The summed E-state index contributed by atoms with van der Waals surface area (Å²) in [5, 5.41) is 3.04. The number of methoxy groups -OCH3 is 1. The molecule has 1 aromatic rings. The van der Waals surface area contributed by atoms with Gasteiger partial charge in [0.1, 0.15) is 12.2 Å². The number of aromatic nitrogens is 1. The monoisotopic (exact) mass is 364 g/mol. The number of aryl methyl sites for hydroxylation is 1. The number of hydrogen-bond acceptors (Lipinski definition) is 5. The Morgan fingerprint density at radius 2 is 2.15 bits per heavy atom. The van der Waals surface area contributed by atoms with Gasteiger partial charge in [0.05, 0.1) is 18.0 Å². The molecule has 6 nitrogen and oxygen atoms in total. The highest BCUT2D eigenvalue weighted by molar-refractivity contribution is 5.97. The molecule has 1 N–H and O–H groups in total. The van der Waals surface area contributed by atoms with E-state index in [0.717, 1.165) is 37.8 Å². The lowest BCUT2D eigenvalue weighted by atomic mass is 9.78. The molecular weight excluding hydrogens is 332 g/mol. The summed E-state index contributed by atoms with van der Waals surface area (Å²) in [6, 6.07) is 3.60. The fraction of sp³-hybridized carbons (Fsp3) is 0.700. The first-order valence-corrected chi connectivity index (χ1v) is 9.55. The lowest BCUT2D eigenvalue weighted by Gasteiger charge is -2.38. The molecule has 1 fully saturated rings. The Morgan fingerprint density at radius 3 is 2.81 bits per heavy atom. The van der Waals surface area contributed by atoms with Gasteiger partial charge in [-0.05, 0) is 44.6 Å². The quantitative estimate of drug-likeness (QED) is 0.676. The SMILES string of the molecule is CCCO[C@]1(C(=O)Nc2ccc(OCCOC)nc2C)CCC[C@H](C)C1. The third-order valence-electron chi connectivity index (χ3n) is 4.80. The van der Waals surface area contributed by atoms with Crippen molar-refractivity contribution in [3.8, 4) is 5.88 Å². The van der Waals surface area contributed by atoms with E-state index < -0.39 is 5.60 Å². The smallest absolute Gasteiger partial charge is 0.256 e. The number of carbonyl (C=O) groups excluding carboxylic acids is 1. The minimum absolute atomic E-state index is 0.0598. The maximum Gasteiger partial charge on any atom is 0.256 e. The number of rotatable bonds is 9. The number of nitrogens with one attached hydrogen (secondary N) is 1. The summed E-state index contributed by atoms with van der Waals surface area (Å²) in [6.07, 6.45) is 4.61. The molecular formula is C20H32N2O4. The first kappa shape index (κ1) is 20.6. The number of ether oxygens (including phenoxy) is 3. The molecule has 1 aliphatic rings. The van der Waals surface area contributed by atoms with Crippen LogP contribution in [0.2, 0.25) is 0 Å². The van der Waals surface area contributed by atoms with Crippen molar-refractivity contribution in [3.63, 3.8) is 0 Å². The topological polar surface area (TPSA) is 69.7 Å². The summed E-state index contributed by atoms with van der Waals surface area (Å²) in [5.74, 6) is 0.957. The summed E-state index contributed by atoms with van der Waals surface area (Å²) in [6.45, 7) is 7.67. The van der Waals surface area contributed by atoms with Crippen LogP contribution in [0.5, 0.6) is 5.88 Å². The molecule has 1 saturated carbocycles. The fourth-order valence-corrected chi connectivity index (χ4v) is 3.42. The zero-order valence-corrected chi connectivity index (χ0v) is 16.5. The zero-order chi connectivity index (χ0) is 19.0. The van der Waals surface area contributed by atoms with Crippen LogP contribution < -0.4 is 10.1 Å². The van der Waals surface area contributed by atoms with Crippen LogP contribution in [0.15, 0.2) is 12.1 Å². The van der Waals surface area contributed by atoms with E-state index in [2.05, 4.69) is 24.1 Å². The first-order valence-electron chi connectivity index (χ1n) is 9.55. The molecule has 1 amide bonds. The number of hydrogen-bond donors (Lipinski definition) is 1. The van der Waals surface area contributed by atoms with Crippen LogP contribution in [0, 0.1) is 12.8 Å². The summed E-state index contributed by atoms with van der Waals surface area (Å²) in [5.41, 5.74) is 0.697. The van der Waals surface area contributed by atoms with Crippen molar-refractivity contribution in [2.45, 2.75) is 58.5 Å². The van der Waals surface area contributed by atoms with Crippen molar-refractivity contribution in [2.24, 2.45) is 5.92 Å². The van der Waals surface area contributed by atoms with Crippen molar-refractivity contribution in [1.29, 1.82) is 0 Å². The molecule has 0 aliphatic heterocycles. The standard InChI is InChI=1S/C20H32N2O4/c1-5-11-26-20(10-6-7-15(2)14-20)19(23)22-17-8-9-18(21-16(17)3)25-13-12-24-4/h8-9,15H,5-7,10-14H2,1-4H3,(H,22,23)/t15-,20+/m0/s1. The molecule has 1 aromatic heterocycles. The Kier molecular flexibility index (Phi) is 7.85. The van der Waals surface area contributed by atoms with Crippen molar-refractivity contribution >= 4 is 11.6 Å². The van der Waals surface area contributed by atoms with Gasteiger partial charge in [0.25, 0.3) is 5.91 Å². The second kappa shape index (κ2) is 9.88. The predicted molar refractivity (Wildman–Crippen MR) is 102 cm³/mol. The molecule has 26 heavy (non-hydrogen) atoms. The number of amides is 1. The van der Waals surface area contributed by atoms with E-state index in [0.29, 0.717) is 37.3 Å². The predicted octanol–water partition coefficient (Wildman–Crippen LogP) is 3.73. The zero-order valence-electron chi connectivity index (χ0n) is 16.5. The second-order valence-corrected chi connectivity index (χ2v) is 7.12. The number of anilines is 1. The Bertz CT molecular complexity index is 593. The van der Waals surface area contributed by atoms with E-state index in [1.807, 2.05) is 13.0 Å². The van der Waals surface area contributed by atoms with E-state index in [9.17, 15) is 4.79 Å². The van der Waals surface area contributed by atoms with Gasteiger partial charge >= 0.3 is 0 Å². The number of pyridine rings is 1. The van der Waals surface area contributed by atoms with Crippen LogP contribution in [-0.2, 0) is 14.3 Å². The molecule has 0 unspecified atom stereocenters. The number of carbonyl (C=O) groups is 1. The van der Waals surface area contributed by atoms with Crippen molar-refractivity contribution in [3.05, 3.63) is 17.8 Å². The van der Waals surface area contributed by atoms with Gasteiger partial charge in [-0.3, -0.25) is 4.79 Å². The van der Waals surface area contributed by atoms with E-state index in [1.54, 1.807) is 13.2 Å². The molecule has 6 heteroatoms. The average Bonchev–Trinajstić information content (AvgIpc) is 2.62. The third kappa shape index (κ3) is 5.42. The van der Waals surface area contributed by atoms with E-state index in [-0.39, 0.29) is 5.91 Å². The normalized spacial score (nSPS) is 22.8. The van der Waals surface area contributed by atoms with Crippen LogP contribution in [0.3, 0.4) is 0 Å². The van der Waals surface area contributed by atoms with Gasteiger partial charge in [-0.2, -0.15) is 0 Å². The largest absolute Gasteiger partial charge is 0.475 e. The minimum atomic E-state index is -0.728. The van der Waals surface area contributed by atoms with Crippen molar-refractivity contribution < 1.29 is 19.0 Å². The molecule has 2 rings (SSSR count). The van der Waals surface area contributed by atoms with E-state index in [1.165, 1.54) is 0 Å². The van der Waals surface area contributed by atoms with Gasteiger partial charge in [-0.15, -0.1) is 0 Å². The Hall–Kier alpha value is -1.66. The molecule has 0 spiro atoms. The van der Waals surface area contributed by atoms with Crippen molar-refractivity contribution in [2.75, 3.05) is 32.2 Å². The fourth-order valence-electron chi connectivity index (χ4n) is 3.42. The molecule has 0 radical (unpaired) electrons. The summed E-state index contributed by atoms with van der Waals surface area (Å²) in [4.78, 5) is 17.5. The first-order chi connectivity index (χ1) is 12.5. The van der Waals surface area contributed by atoms with Crippen LogP contribution in [0.1, 0.15) is 51.6 Å². The highest BCUT2D eigenvalue weighted by Crippen LogP contribution is 2.36. The molecule has 146 valence electrons. The molecule has 0 aromatic carbocycles. The summed E-state index contributed by atoms with van der Waals surface area (Å²) < 4.78 is 16.6. The van der Waals surface area contributed by atoms with Crippen LogP contribution in [0.4, 0.5) is 5.69 Å². The van der Waals surface area contributed by atoms with E-state index in [4.69, 9.17) is 14.2 Å². The van der Waals surface area contributed by atoms with Gasteiger partial charge in [-0.25, -0.2) is 4.98 Å². The lowest BCUT2D eigenvalue weighted by molar-refractivity contribution is -0.148. The molecule has 0 bridgehead atoms. The summed E-state index contributed by atoms with van der Waals surface area (Å²) in [7, 11) is 1.63. The second-order valence-electron chi connectivity index (χ2n) is 7.12. The Morgan fingerprint density at radius 1 is 1.35 bits per heavy atom. The molecule has 1 aliphatic carbocycles. The Balaban J connectivity index is 2.08. The van der Waals surface area contributed by atoms with Crippen LogP contribution >= 0.6 is 0 Å². The summed E-state index contributed by atoms with van der Waals surface area (Å²) >= 11 is 0. The molecule has 2 atom stereocenters. The van der Waals surface area contributed by atoms with E-state index >= 15 is 0 Å².